The van der Waals surface area contributed by atoms with Gasteiger partial charge in [-0.25, -0.2) is 9.59 Å². The number of hydrogen-bond donors (Lipinski definition) is 2. The molecule has 1 aliphatic heterocycles. The molecule has 0 spiro atoms. The molecule has 102 valence electrons. The van der Waals surface area contributed by atoms with Gasteiger partial charge in [0.25, 0.3) is 0 Å². The van der Waals surface area contributed by atoms with E-state index in [0.29, 0.717) is 0 Å². The molecule has 5 heteroatoms. The maximum Gasteiger partial charge on any atom is 0.326 e. The number of likely N-dealkylation sites (tertiary alicyclic amines) is 1. The quantitative estimate of drug-likeness (QED) is 0.754. The van der Waals surface area contributed by atoms with E-state index < -0.39 is 12.0 Å². The van der Waals surface area contributed by atoms with Crippen molar-refractivity contribution in [3.8, 4) is 0 Å². The lowest BCUT2D eigenvalue weighted by Crippen LogP contribution is -2.55. The van der Waals surface area contributed by atoms with Crippen molar-refractivity contribution in [3.63, 3.8) is 0 Å². The number of carboxylic acid groups (broad SMARTS) is 1. The molecule has 1 unspecified atom stereocenters. The fourth-order valence-corrected chi connectivity index (χ4v) is 2.43. The summed E-state index contributed by atoms with van der Waals surface area (Å²) in [6.45, 7) is 7.50. The molecule has 1 rings (SSSR count). The molecule has 3 atom stereocenters. The fourth-order valence-electron chi connectivity index (χ4n) is 2.43. The minimum absolute atomic E-state index is 0.159. The number of amides is 2. The molecular weight excluding hydrogens is 232 g/mol. The normalized spacial score (nSPS) is 25.3. The van der Waals surface area contributed by atoms with Crippen LogP contribution in [0.25, 0.3) is 0 Å². The summed E-state index contributed by atoms with van der Waals surface area (Å²) >= 11 is 0. The van der Waals surface area contributed by atoms with Crippen LogP contribution in [0.5, 0.6) is 0 Å². The number of carboxylic acids is 1. The lowest BCUT2D eigenvalue weighted by atomic mass is 9.98. The number of nitrogens with one attached hydrogen (secondary N) is 1. The van der Waals surface area contributed by atoms with E-state index in [4.69, 9.17) is 5.11 Å². The Kier molecular flexibility index (Phi) is 5.19. The molecule has 0 aromatic rings. The molecule has 1 fully saturated rings. The Morgan fingerprint density at radius 1 is 1.44 bits per heavy atom. The Bertz CT molecular complexity index is 320. The minimum Gasteiger partial charge on any atom is -0.480 e. The molecular formula is C13H22N2O3. The Balaban J connectivity index is 2.67. The molecule has 0 saturated carbocycles. The highest BCUT2D eigenvalue weighted by Crippen LogP contribution is 2.22. The van der Waals surface area contributed by atoms with Crippen molar-refractivity contribution < 1.29 is 14.7 Å². The minimum atomic E-state index is -1.03. The first-order valence-corrected chi connectivity index (χ1v) is 6.40. The molecule has 1 heterocycles. The summed E-state index contributed by atoms with van der Waals surface area (Å²) in [5, 5.41) is 11.6. The van der Waals surface area contributed by atoms with E-state index in [0.717, 1.165) is 19.3 Å². The highest BCUT2D eigenvalue weighted by molar-refractivity contribution is 5.83. The Morgan fingerprint density at radius 2 is 2.00 bits per heavy atom. The van der Waals surface area contributed by atoms with Gasteiger partial charge in [-0.2, -0.15) is 0 Å². The van der Waals surface area contributed by atoms with Crippen LogP contribution in [0.1, 0.15) is 39.5 Å². The molecule has 1 saturated heterocycles. The summed E-state index contributed by atoms with van der Waals surface area (Å²) in [5.41, 5.74) is 0. The molecule has 0 radical (unpaired) electrons. The second kappa shape index (κ2) is 6.42. The second-order valence-corrected chi connectivity index (χ2v) is 4.90. The van der Waals surface area contributed by atoms with Crippen LogP contribution >= 0.6 is 0 Å². The van der Waals surface area contributed by atoms with Crippen LogP contribution in [0.15, 0.2) is 12.7 Å². The number of hydrogen-bond acceptors (Lipinski definition) is 2. The van der Waals surface area contributed by atoms with E-state index in [1.807, 2.05) is 13.8 Å². The first-order valence-electron chi connectivity index (χ1n) is 6.40. The standard InChI is InChI=1S/C13H22N2O3/c1-4-6-11(12(16)17)14-13(18)15-9(2)7-5-8-10(15)3/h4,9-11H,1,5-8H2,2-3H3,(H,14,18)(H,16,17)/t9-,10+,11?. The predicted octanol–water partition coefficient (Wildman–Crippen LogP) is 1.99. The lowest BCUT2D eigenvalue weighted by Gasteiger charge is -2.39. The summed E-state index contributed by atoms with van der Waals surface area (Å²) in [6, 6.07) is -0.862. The lowest BCUT2D eigenvalue weighted by molar-refractivity contribution is -0.139. The summed E-state index contributed by atoms with van der Waals surface area (Å²) in [7, 11) is 0. The molecule has 2 N–H and O–H groups in total. The summed E-state index contributed by atoms with van der Waals surface area (Å²) in [6.07, 6.45) is 4.79. The zero-order valence-corrected chi connectivity index (χ0v) is 11.1. The van der Waals surface area contributed by atoms with Crippen molar-refractivity contribution in [2.75, 3.05) is 0 Å². The zero-order chi connectivity index (χ0) is 13.7. The van der Waals surface area contributed by atoms with Crippen LogP contribution in [0.3, 0.4) is 0 Å². The molecule has 2 amide bonds. The third kappa shape index (κ3) is 3.48. The summed E-state index contributed by atoms with van der Waals surface area (Å²) < 4.78 is 0. The number of aliphatic carboxylic acids is 1. The van der Waals surface area contributed by atoms with Gasteiger partial charge in [0, 0.05) is 12.1 Å². The van der Waals surface area contributed by atoms with Crippen molar-refractivity contribution in [3.05, 3.63) is 12.7 Å². The highest BCUT2D eigenvalue weighted by atomic mass is 16.4. The maximum atomic E-state index is 12.1. The maximum absolute atomic E-state index is 12.1. The van der Waals surface area contributed by atoms with Gasteiger partial charge < -0.3 is 15.3 Å². The van der Waals surface area contributed by atoms with Gasteiger partial charge in [-0.1, -0.05) is 6.08 Å². The van der Waals surface area contributed by atoms with Crippen molar-refractivity contribution in [2.24, 2.45) is 0 Å². The molecule has 0 bridgehead atoms. The first kappa shape index (κ1) is 14.5. The fraction of sp³-hybridized carbons (Fsp3) is 0.692. The predicted molar refractivity (Wildman–Crippen MR) is 69.4 cm³/mol. The van der Waals surface area contributed by atoms with Crippen LogP contribution in [-0.4, -0.2) is 40.1 Å². The average molecular weight is 254 g/mol. The van der Waals surface area contributed by atoms with Crippen molar-refractivity contribution >= 4 is 12.0 Å². The van der Waals surface area contributed by atoms with Gasteiger partial charge in [0.05, 0.1) is 0 Å². The van der Waals surface area contributed by atoms with Crippen LogP contribution < -0.4 is 5.32 Å². The molecule has 5 nitrogen and oxygen atoms in total. The topological polar surface area (TPSA) is 69.6 Å². The van der Waals surface area contributed by atoms with Gasteiger partial charge in [0.2, 0.25) is 0 Å². The Labute approximate surface area is 108 Å². The van der Waals surface area contributed by atoms with Gasteiger partial charge in [0.15, 0.2) is 0 Å². The van der Waals surface area contributed by atoms with Gasteiger partial charge in [-0.15, -0.1) is 6.58 Å². The number of urea groups is 1. The monoisotopic (exact) mass is 254 g/mol. The molecule has 18 heavy (non-hydrogen) atoms. The number of nitrogens with zero attached hydrogens (tertiary/aromatic N) is 1. The third-order valence-electron chi connectivity index (χ3n) is 3.43. The van der Waals surface area contributed by atoms with Crippen LogP contribution in [0, 0.1) is 0 Å². The van der Waals surface area contributed by atoms with Gasteiger partial charge in [0.1, 0.15) is 6.04 Å². The van der Waals surface area contributed by atoms with Crippen molar-refractivity contribution in [2.45, 2.75) is 57.7 Å². The van der Waals surface area contributed by atoms with E-state index in [2.05, 4.69) is 11.9 Å². The third-order valence-corrected chi connectivity index (χ3v) is 3.43. The van der Waals surface area contributed by atoms with Gasteiger partial charge >= 0.3 is 12.0 Å². The van der Waals surface area contributed by atoms with Crippen LogP contribution in [-0.2, 0) is 4.79 Å². The van der Waals surface area contributed by atoms with Crippen molar-refractivity contribution in [1.29, 1.82) is 0 Å². The number of rotatable bonds is 4. The van der Waals surface area contributed by atoms with Crippen LogP contribution in [0.4, 0.5) is 4.79 Å². The van der Waals surface area contributed by atoms with E-state index in [1.165, 1.54) is 6.08 Å². The summed E-state index contributed by atoms with van der Waals surface area (Å²) in [4.78, 5) is 24.9. The first-order chi connectivity index (χ1) is 8.47. The number of carbonyl (C=O) groups is 2. The Morgan fingerprint density at radius 3 is 2.44 bits per heavy atom. The molecule has 0 aromatic heterocycles. The molecule has 0 aromatic carbocycles. The SMILES string of the molecule is C=CCC(NC(=O)N1[C@H](C)CCC[C@@H]1C)C(=O)O. The van der Waals surface area contributed by atoms with E-state index >= 15 is 0 Å². The van der Waals surface area contributed by atoms with Gasteiger partial charge in [-0.3, -0.25) is 0 Å². The second-order valence-electron chi connectivity index (χ2n) is 4.90. The van der Waals surface area contributed by atoms with E-state index in [1.54, 1.807) is 4.90 Å². The van der Waals surface area contributed by atoms with Crippen molar-refractivity contribution in [1.82, 2.24) is 10.2 Å². The number of piperidine rings is 1. The summed E-state index contributed by atoms with van der Waals surface area (Å²) in [5.74, 6) is -1.03. The average Bonchev–Trinajstić information content (AvgIpc) is 2.28. The van der Waals surface area contributed by atoms with E-state index in [-0.39, 0.29) is 24.5 Å². The highest BCUT2D eigenvalue weighted by Gasteiger charge is 2.31. The smallest absolute Gasteiger partial charge is 0.326 e. The zero-order valence-electron chi connectivity index (χ0n) is 11.1. The number of carbonyl (C=O) groups excluding carboxylic acids is 1. The van der Waals surface area contributed by atoms with Crippen LogP contribution in [0.2, 0.25) is 0 Å². The molecule has 1 aliphatic rings. The van der Waals surface area contributed by atoms with Gasteiger partial charge in [-0.05, 0) is 39.5 Å². The Hall–Kier alpha value is -1.52. The van der Waals surface area contributed by atoms with E-state index in [9.17, 15) is 9.59 Å². The molecule has 0 aliphatic carbocycles. The largest absolute Gasteiger partial charge is 0.480 e.